The summed E-state index contributed by atoms with van der Waals surface area (Å²) in [4.78, 5) is 14.3. The number of nitrogens with two attached hydrogens (primary N) is 1. The van der Waals surface area contributed by atoms with Gasteiger partial charge in [-0.15, -0.1) is 0 Å². The first kappa shape index (κ1) is 16.6. The average Bonchev–Trinajstić information content (AvgIpc) is 3.03. The molecule has 1 saturated heterocycles. The van der Waals surface area contributed by atoms with E-state index < -0.39 is 5.91 Å². The van der Waals surface area contributed by atoms with Crippen LogP contribution in [-0.4, -0.2) is 36.7 Å². The summed E-state index contributed by atoms with van der Waals surface area (Å²) >= 11 is 0. The minimum absolute atomic E-state index is 0.263. The van der Waals surface area contributed by atoms with Gasteiger partial charge in [-0.25, -0.2) is 4.39 Å². The monoisotopic (exact) mass is 352 g/mol. The number of hydrogen-bond donors (Lipinski definition) is 2. The largest absolute Gasteiger partial charge is 0.368 e. The summed E-state index contributed by atoms with van der Waals surface area (Å²) in [5.74, 6) is -0.799. The number of nitrogens with one attached hydrogen (secondary N) is 1. The van der Waals surface area contributed by atoms with Gasteiger partial charge in [0.15, 0.2) is 0 Å². The molecule has 6 heteroatoms. The fraction of sp³-hybridized carbons (Fsp3) is 0.250. The number of nitrogens with zero attached hydrogens (tertiary/aromatic N) is 2. The van der Waals surface area contributed by atoms with Crippen molar-refractivity contribution in [3.05, 3.63) is 65.6 Å². The fourth-order valence-electron chi connectivity index (χ4n) is 3.62. The second-order valence-electron chi connectivity index (χ2n) is 6.52. The van der Waals surface area contributed by atoms with Crippen LogP contribution >= 0.6 is 0 Å². The predicted molar refractivity (Wildman–Crippen MR) is 101 cm³/mol. The lowest BCUT2D eigenvalue weighted by molar-refractivity contribution is 0.0992. The van der Waals surface area contributed by atoms with E-state index in [-0.39, 0.29) is 12.4 Å². The molecule has 1 aromatic heterocycles. The van der Waals surface area contributed by atoms with E-state index in [0.717, 1.165) is 42.8 Å². The number of primary amides is 1. The number of anilines is 1. The molecule has 134 valence electrons. The first-order valence-corrected chi connectivity index (χ1v) is 8.76. The number of fused-ring (bicyclic) bond motifs is 1. The van der Waals surface area contributed by atoms with E-state index in [1.54, 1.807) is 18.2 Å². The topological polar surface area (TPSA) is 63.3 Å². The van der Waals surface area contributed by atoms with E-state index in [1.807, 2.05) is 22.8 Å². The van der Waals surface area contributed by atoms with Crippen LogP contribution in [-0.2, 0) is 6.54 Å². The molecule has 26 heavy (non-hydrogen) atoms. The van der Waals surface area contributed by atoms with Crippen molar-refractivity contribution < 1.29 is 9.18 Å². The van der Waals surface area contributed by atoms with Crippen molar-refractivity contribution in [2.75, 3.05) is 31.1 Å². The van der Waals surface area contributed by atoms with Crippen molar-refractivity contribution in [2.45, 2.75) is 6.54 Å². The number of amides is 1. The molecule has 0 saturated carbocycles. The number of benzene rings is 2. The van der Waals surface area contributed by atoms with Gasteiger partial charge in [0.25, 0.3) is 5.91 Å². The Balaban J connectivity index is 1.85. The zero-order valence-corrected chi connectivity index (χ0v) is 14.4. The Hall–Kier alpha value is -2.86. The van der Waals surface area contributed by atoms with Gasteiger partial charge in [-0.2, -0.15) is 0 Å². The van der Waals surface area contributed by atoms with E-state index in [9.17, 15) is 9.18 Å². The van der Waals surface area contributed by atoms with Crippen molar-refractivity contribution >= 4 is 22.5 Å². The van der Waals surface area contributed by atoms with E-state index in [1.165, 1.54) is 6.07 Å². The lowest BCUT2D eigenvalue weighted by atomic mass is 10.1. The number of hydrogen-bond acceptors (Lipinski definition) is 3. The van der Waals surface area contributed by atoms with Gasteiger partial charge in [0.1, 0.15) is 11.5 Å². The maximum atomic E-state index is 14.1. The second-order valence-corrected chi connectivity index (χ2v) is 6.52. The molecular weight excluding hydrogens is 331 g/mol. The average molecular weight is 352 g/mol. The number of rotatable bonds is 4. The molecule has 0 radical (unpaired) electrons. The maximum Gasteiger partial charge on any atom is 0.265 e. The minimum atomic E-state index is -0.510. The SMILES string of the molecule is NC(=O)c1cc2c(N3CCNCC3)cccc2n1Cc1ccccc1F. The fourth-order valence-corrected chi connectivity index (χ4v) is 3.62. The lowest BCUT2D eigenvalue weighted by Crippen LogP contribution is -2.43. The number of carbonyl (C=O) groups excluding carboxylic acids is 1. The molecule has 2 aromatic carbocycles. The molecule has 4 rings (SSSR count). The smallest absolute Gasteiger partial charge is 0.265 e. The summed E-state index contributed by atoms with van der Waals surface area (Å²) in [6.07, 6.45) is 0. The Morgan fingerprint density at radius 3 is 2.62 bits per heavy atom. The summed E-state index contributed by atoms with van der Waals surface area (Å²) in [6.45, 7) is 3.93. The molecule has 1 fully saturated rings. The van der Waals surface area contributed by atoms with E-state index >= 15 is 0 Å². The maximum absolute atomic E-state index is 14.1. The molecule has 0 spiro atoms. The van der Waals surface area contributed by atoms with Crippen LogP contribution in [0.1, 0.15) is 16.1 Å². The first-order chi connectivity index (χ1) is 12.6. The van der Waals surface area contributed by atoms with Gasteiger partial charge in [-0.1, -0.05) is 24.3 Å². The van der Waals surface area contributed by atoms with Crippen molar-refractivity contribution in [3.8, 4) is 0 Å². The van der Waals surface area contributed by atoms with Crippen LogP contribution in [0.5, 0.6) is 0 Å². The Labute approximate surface area is 151 Å². The summed E-state index contributed by atoms with van der Waals surface area (Å²) in [6, 6.07) is 14.4. The number of piperazine rings is 1. The van der Waals surface area contributed by atoms with Crippen molar-refractivity contribution in [3.63, 3.8) is 0 Å². The Morgan fingerprint density at radius 2 is 1.88 bits per heavy atom. The standard InChI is InChI=1S/C20H21FN4O/c21-16-5-2-1-4-14(16)13-25-18-7-3-6-17(24-10-8-23-9-11-24)15(18)12-19(25)20(22)26/h1-7,12,23H,8-11,13H2,(H2,22,26). The zero-order valence-electron chi connectivity index (χ0n) is 14.4. The quantitative estimate of drug-likeness (QED) is 0.758. The summed E-state index contributed by atoms with van der Waals surface area (Å²) < 4.78 is 15.9. The lowest BCUT2D eigenvalue weighted by Gasteiger charge is -2.30. The molecular formula is C20H21FN4O. The van der Waals surface area contributed by atoms with Gasteiger partial charge in [-0.3, -0.25) is 4.79 Å². The molecule has 0 aliphatic carbocycles. The third kappa shape index (κ3) is 2.93. The minimum Gasteiger partial charge on any atom is -0.368 e. The number of aromatic nitrogens is 1. The van der Waals surface area contributed by atoms with Gasteiger partial charge in [0, 0.05) is 42.8 Å². The van der Waals surface area contributed by atoms with Crippen LogP contribution in [0.15, 0.2) is 48.5 Å². The van der Waals surface area contributed by atoms with E-state index in [2.05, 4.69) is 16.3 Å². The van der Waals surface area contributed by atoms with Crippen molar-refractivity contribution in [2.24, 2.45) is 5.73 Å². The van der Waals surface area contributed by atoms with Gasteiger partial charge in [0.2, 0.25) is 0 Å². The second kappa shape index (κ2) is 6.80. The third-order valence-corrected chi connectivity index (χ3v) is 4.92. The van der Waals surface area contributed by atoms with Crippen LogP contribution < -0.4 is 16.0 Å². The number of halogens is 1. The van der Waals surface area contributed by atoms with Crippen LogP contribution in [0.3, 0.4) is 0 Å². The Morgan fingerprint density at radius 1 is 1.12 bits per heavy atom. The summed E-state index contributed by atoms with van der Waals surface area (Å²) in [5, 5.41) is 4.32. The Kier molecular flexibility index (Phi) is 4.34. The van der Waals surface area contributed by atoms with Gasteiger partial charge in [-0.05, 0) is 24.3 Å². The molecule has 1 aliphatic rings. The first-order valence-electron chi connectivity index (χ1n) is 8.76. The van der Waals surface area contributed by atoms with E-state index in [4.69, 9.17) is 5.73 Å². The third-order valence-electron chi connectivity index (χ3n) is 4.92. The molecule has 2 heterocycles. The van der Waals surface area contributed by atoms with E-state index in [0.29, 0.717) is 11.3 Å². The van der Waals surface area contributed by atoms with Crippen LogP contribution in [0.25, 0.3) is 10.9 Å². The molecule has 1 aliphatic heterocycles. The Bertz CT molecular complexity index is 960. The highest BCUT2D eigenvalue weighted by molar-refractivity contribution is 6.02. The highest BCUT2D eigenvalue weighted by Crippen LogP contribution is 2.31. The zero-order chi connectivity index (χ0) is 18.1. The van der Waals surface area contributed by atoms with Crippen LogP contribution in [0.4, 0.5) is 10.1 Å². The molecule has 0 bridgehead atoms. The van der Waals surface area contributed by atoms with Gasteiger partial charge >= 0.3 is 0 Å². The highest BCUT2D eigenvalue weighted by atomic mass is 19.1. The van der Waals surface area contributed by atoms with Crippen LogP contribution in [0, 0.1) is 5.82 Å². The van der Waals surface area contributed by atoms with Crippen molar-refractivity contribution in [1.82, 2.24) is 9.88 Å². The van der Waals surface area contributed by atoms with Gasteiger partial charge in [0.05, 0.1) is 12.1 Å². The molecule has 3 N–H and O–H groups in total. The molecule has 3 aromatic rings. The van der Waals surface area contributed by atoms with Crippen molar-refractivity contribution in [1.29, 1.82) is 0 Å². The van der Waals surface area contributed by atoms with Gasteiger partial charge < -0.3 is 20.5 Å². The summed E-state index contributed by atoms with van der Waals surface area (Å²) in [7, 11) is 0. The normalized spacial score (nSPS) is 14.7. The highest BCUT2D eigenvalue weighted by Gasteiger charge is 2.19. The summed E-state index contributed by atoms with van der Waals surface area (Å²) in [5.41, 5.74) is 8.51. The molecule has 5 nitrogen and oxygen atoms in total. The predicted octanol–water partition coefficient (Wildman–Crippen LogP) is 2.34. The van der Waals surface area contributed by atoms with Crippen LogP contribution in [0.2, 0.25) is 0 Å². The number of carbonyl (C=O) groups is 1. The molecule has 0 atom stereocenters. The molecule has 0 unspecified atom stereocenters. The molecule has 1 amide bonds.